The van der Waals surface area contributed by atoms with Gasteiger partial charge in [0.2, 0.25) is 5.95 Å². The van der Waals surface area contributed by atoms with Gasteiger partial charge in [0.05, 0.1) is 0 Å². The van der Waals surface area contributed by atoms with Gasteiger partial charge >= 0.3 is 0 Å². The van der Waals surface area contributed by atoms with Crippen molar-refractivity contribution in [2.24, 2.45) is 0 Å². The minimum absolute atomic E-state index is 0.339. The molecular weight excluding hydrogens is 172 g/mol. The lowest BCUT2D eigenvalue weighted by Crippen LogP contribution is -2.18. The SMILES string of the molecule is CCC(C)(C)c1ccnc(F)c1F. The minimum atomic E-state index is -1.01. The molecule has 0 aliphatic rings. The smallest absolute Gasteiger partial charge is 0.226 e. The van der Waals surface area contributed by atoms with Crippen LogP contribution in [0.1, 0.15) is 32.8 Å². The molecule has 0 aliphatic carbocycles. The third kappa shape index (κ3) is 1.85. The van der Waals surface area contributed by atoms with E-state index >= 15 is 0 Å². The lowest BCUT2D eigenvalue weighted by atomic mass is 9.82. The molecular formula is C10H13F2N. The fraction of sp³-hybridized carbons (Fsp3) is 0.500. The molecule has 0 saturated carbocycles. The summed E-state index contributed by atoms with van der Waals surface area (Å²) in [6.07, 6.45) is 2.05. The Morgan fingerprint density at radius 1 is 1.38 bits per heavy atom. The van der Waals surface area contributed by atoms with Crippen molar-refractivity contribution < 1.29 is 8.78 Å². The van der Waals surface area contributed by atoms with Crippen molar-refractivity contribution in [2.45, 2.75) is 32.6 Å². The zero-order valence-corrected chi connectivity index (χ0v) is 8.06. The highest BCUT2D eigenvalue weighted by Crippen LogP contribution is 2.28. The highest BCUT2D eigenvalue weighted by Gasteiger charge is 2.24. The normalized spacial score (nSPS) is 11.8. The first-order chi connectivity index (χ1) is 5.99. The predicted molar refractivity (Wildman–Crippen MR) is 47.5 cm³/mol. The van der Waals surface area contributed by atoms with Gasteiger partial charge in [-0.05, 0) is 23.5 Å². The van der Waals surface area contributed by atoms with Crippen LogP contribution in [-0.4, -0.2) is 4.98 Å². The van der Waals surface area contributed by atoms with Gasteiger partial charge in [0.1, 0.15) is 0 Å². The van der Waals surface area contributed by atoms with E-state index in [1.165, 1.54) is 12.3 Å². The first kappa shape index (κ1) is 10.1. The van der Waals surface area contributed by atoms with E-state index < -0.39 is 11.8 Å². The molecule has 72 valence electrons. The van der Waals surface area contributed by atoms with Crippen LogP contribution in [0.25, 0.3) is 0 Å². The van der Waals surface area contributed by atoms with Gasteiger partial charge in [-0.15, -0.1) is 0 Å². The second-order valence-electron chi connectivity index (χ2n) is 3.70. The molecule has 0 saturated heterocycles. The molecule has 0 amide bonds. The summed E-state index contributed by atoms with van der Waals surface area (Å²) in [5, 5.41) is 0. The van der Waals surface area contributed by atoms with E-state index in [2.05, 4.69) is 4.98 Å². The number of hydrogen-bond donors (Lipinski definition) is 0. The Kier molecular flexibility index (Phi) is 2.64. The van der Waals surface area contributed by atoms with E-state index in [1.807, 2.05) is 20.8 Å². The summed E-state index contributed by atoms with van der Waals surface area (Å²) < 4.78 is 26.0. The number of aromatic nitrogens is 1. The number of hydrogen-bond acceptors (Lipinski definition) is 1. The molecule has 1 heterocycles. The van der Waals surface area contributed by atoms with Gasteiger partial charge in [-0.3, -0.25) is 0 Å². The molecule has 1 aromatic rings. The van der Waals surface area contributed by atoms with Gasteiger partial charge in [-0.1, -0.05) is 20.8 Å². The van der Waals surface area contributed by atoms with Crippen molar-refractivity contribution in [3.63, 3.8) is 0 Å². The van der Waals surface area contributed by atoms with Crippen LogP contribution in [0.3, 0.4) is 0 Å². The van der Waals surface area contributed by atoms with Crippen LogP contribution < -0.4 is 0 Å². The zero-order chi connectivity index (χ0) is 10.1. The molecule has 0 atom stereocenters. The van der Waals surface area contributed by atoms with Gasteiger partial charge in [-0.2, -0.15) is 4.39 Å². The van der Waals surface area contributed by atoms with E-state index in [0.717, 1.165) is 6.42 Å². The first-order valence-electron chi connectivity index (χ1n) is 4.29. The molecule has 0 N–H and O–H groups in total. The number of halogens is 2. The predicted octanol–water partition coefficient (Wildman–Crippen LogP) is 3.05. The monoisotopic (exact) mass is 185 g/mol. The van der Waals surface area contributed by atoms with Crippen LogP contribution in [0.4, 0.5) is 8.78 Å². The molecule has 0 aromatic carbocycles. The third-order valence-corrected chi connectivity index (χ3v) is 2.46. The maximum atomic E-state index is 13.2. The van der Waals surface area contributed by atoms with Crippen LogP contribution in [0.5, 0.6) is 0 Å². The Hall–Kier alpha value is -0.990. The van der Waals surface area contributed by atoms with Crippen LogP contribution in [0.2, 0.25) is 0 Å². The standard InChI is InChI=1S/C10H13F2N/c1-4-10(2,3)7-5-6-13-9(12)8(7)11/h5-6H,4H2,1-3H3. The molecule has 3 heteroatoms. The molecule has 13 heavy (non-hydrogen) atoms. The first-order valence-corrected chi connectivity index (χ1v) is 4.29. The van der Waals surface area contributed by atoms with Crippen LogP contribution in [0.15, 0.2) is 12.3 Å². The molecule has 0 aliphatic heterocycles. The third-order valence-electron chi connectivity index (χ3n) is 2.46. The van der Waals surface area contributed by atoms with E-state index in [1.54, 1.807) is 0 Å². The second-order valence-corrected chi connectivity index (χ2v) is 3.70. The van der Waals surface area contributed by atoms with Crippen molar-refractivity contribution in [3.05, 3.63) is 29.6 Å². The molecule has 0 fully saturated rings. The summed E-state index contributed by atoms with van der Waals surface area (Å²) in [4.78, 5) is 3.25. The summed E-state index contributed by atoms with van der Waals surface area (Å²) in [6.45, 7) is 5.70. The average molecular weight is 185 g/mol. The molecule has 1 aromatic heterocycles. The molecule has 0 radical (unpaired) electrons. The van der Waals surface area contributed by atoms with E-state index in [4.69, 9.17) is 0 Å². The van der Waals surface area contributed by atoms with Crippen molar-refractivity contribution >= 4 is 0 Å². The largest absolute Gasteiger partial charge is 0.249 e. The molecule has 1 nitrogen and oxygen atoms in total. The molecule has 0 spiro atoms. The average Bonchev–Trinajstić information content (AvgIpc) is 2.09. The maximum absolute atomic E-state index is 13.2. The summed E-state index contributed by atoms with van der Waals surface area (Å²) in [6, 6.07) is 1.53. The van der Waals surface area contributed by atoms with Crippen molar-refractivity contribution in [1.82, 2.24) is 4.98 Å². The highest BCUT2D eigenvalue weighted by molar-refractivity contribution is 5.22. The Morgan fingerprint density at radius 3 is 2.54 bits per heavy atom. The van der Waals surface area contributed by atoms with Gasteiger partial charge < -0.3 is 0 Å². The second kappa shape index (κ2) is 3.40. The van der Waals surface area contributed by atoms with Crippen LogP contribution in [0, 0.1) is 11.8 Å². The molecule has 0 unspecified atom stereocenters. The van der Waals surface area contributed by atoms with Crippen molar-refractivity contribution in [2.75, 3.05) is 0 Å². The van der Waals surface area contributed by atoms with E-state index in [0.29, 0.717) is 5.56 Å². The molecule has 0 bridgehead atoms. The fourth-order valence-corrected chi connectivity index (χ4v) is 1.13. The highest BCUT2D eigenvalue weighted by atomic mass is 19.2. The summed E-state index contributed by atoms with van der Waals surface area (Å²) >= 11 is 0. The van der Waals surface area contributed by atoms with Crippen molar-refractivity contribution in [1.29, 1.82) is 0 Å². The number of rotatable bonds is 2. The van der Waals surface area contributed by atoms with Crippen LogP contribution in [-0.2, 0) is 5.41 Å². The lowest BCUT2D eigenvalue weighted by molar-refractivity contribution is 0.423. The van der Waals surface area contributed by atoms with Crippen LogP contribution >= 0.6 is 0 Å². The zero-order valence-electron chi connectivity index (χ0n) is 8.06. The van der Waals surface area contributed by atoms with Gasteiger partial charge in [-0.25, -0.2) is 9.37 Å². The van der Waals surface area contributed by atoms with Crippen molar-refractivity contribution in [3.8, 4) is 0 Å². The topological polar surface area (TPSA) is 12.9 Å². The fourth-order valence-electron chi connectivity index (χ4n) is 1.13. The molecule has 1 rings (SSSR count). The Balaban J connectivity index is 3.22. The maximum Gasteiger partial charge on any atom is 0.249 e. The summed E-state index contributed by atoms with van der Waals surface area (Å²) in [7, 11) is 0. The van der Waals surface area contributed by atoms with Gasteiger partial charge in [0, 0.05) is 6.20 Å². The van der Waals surface area contributed by atoms with E-state index in [-0.39, 0.29) is 5.41 Å². The lowest BCUT2D eigenvalue weighted by Gasteiger charge is -2.23. The van der Waals surface area contributed by atoms with Gasteiger partial charge in [0.15, 0.2) is 5.82 Å². The Labute approximate surface area is 76.8 Å². The number of pyridine rings is 1. The van der Waals surface area contributed by atoms with Gasteiger partial charge in [0.25, 0.3) is 0 Å². The minimum Gasteiger partial charge on any atom is -0.226 e. The Bertz CT molecular complexity index is 308. The summed E-state index contributed by atoms with van der Waals surface area (Å²) in [5.74, 6) is -1.84. The summed E-state index contributed by atoms with van der Waals surface area (Å²) in [5.41, 5.74) is 0.0518. The van der Waals surface area contributed by atoms with E-state index in [9.17, 15) is 8.78 Å². The number of nitrogens with zero attached hydrogens (tertiary/aromatic N) is 1. The Morgan fingerprint density at radius 2 is 2.00 bits per heavy atom. The quantitative estimate of drug-likeness (QED) is 0.645.